The highest BCUT2D eigenvalue weighted by atomic mass is 19.1. The molecule has 0 aliphatic heterocycles. The average Bonchev–Trinajstić information content (AvgIpc) is 3.22. The van der Waals surface area contributed by atoms with E-state index in [-0.39, 0.29) is 36.1 Å². The van der Waals surface area contributed by atoms with Crippen LogP contribution in [-0.2, 0) is 19.7 Å². The number of carbonyl (C=O) groups is 2. The third kappa shape index (κ3) is 5.69. The van der Waals surface area contributed by atoms with Crippen LogP contribution in [0.15, 0.2) is 53.8 Å². The van der Waals surface area contributed by atoms with Gasteiger partial charge in [0.15, 0.2) is 5.82 Å². The molecule has 0 spiro atoms. The molecule has 0 radical (unpaired) electrons. The molecule has 3 atom stereocenters. The summed E-state index contributed by atoms with van der Waals surface area (Å²) < 4.78 is 25.2. The van der Waals surface area contributed by atoms with Gasteiger partial charge >= 0.3 is 5.97 Å². The van der Waals surface area contributed by atoms with Gasteiger partial charge in [0.05, 0.1) is 12.0 Å². The fourth-order valence-electron chi connectivity index (χ4n) is 5.90. The van der Waals surface area contributed by atoms with Crippen molar-refractivity contribution in [2.75, 3.05) is 18.4 Å². The molecular formula is C28H36FN3O4. The minimum atomic E-state index is -0.817. The van der Waals surface area contributed by atoms with E-state index in [1.54, 1.807) is 12.1 Å². The normalized spacial score (nSPS) is 25.3. The van der Waals surface area contributed by atoms with Crippen LogP contribution in [-0.4, -0.2) is 35.7 Å². The van der Waals surface area contributed by atoms with Gasteiger partial charge in [-0.25, -0.2) is 4.39 Å². The summed E-state index contributed by atoms with van der Waals surface area (Å²) in [6.07, 6.45) is 10.1. The number of aromatic nitrogens is 1. The Kier molecular flexibility index (Phi) is 8.24. The maximum Gasteiger partial charge on any atom is 0.317 e. The van der Waals surface area contributed by atoms with E-state index in [0.29, 0.717) is 37.2 Å². The molecule has 0 bridgehead atoms. The molecule has 2 aromatic rings. The van der Waals surface area contributed by atoms with Gasteiger partial charge in [0.25, 0.3) is 0 Å². The van der Waals surface area contributed by atoms with Crippen molar-refractivity contribution in [1.29, 1.82) is 0 Å². The third-order valence-corrected chi connectivity index (χ3v) is 7.92. The lowest BCUT2D eigenvalue weighted by Gasteiger charge is -2.52. The second kappa shape index (κ2) is 11.4. The van der Waals surface area contributed by atoms with Crippen LogP contribution >= 0.6 is 0 Å². The Hall–Kier alpha value is -3.00. The fourth-order valence-corrected chi connectivity index (χ4v) is 5.90. The summed E-state index contributed by atoms with van der Waals surface area (Å²) in [7, 11) is 0. The molecule has 2 unspecified atom stereocenters. The predicted molar refractivity (Wildman–Crippen MR) is 135 cm³/mol. The van der Waals surface area contributed by atoms with E-state index in [1.807, 2.05) is 19.1 Å². The molecule has 4 rings (SSSR count). The van der Waals surface area contributed by atoms with E-state index in [4.69, 9.17) is 9.26 Å². The molecule has 2 aliphatic carbocycles. The number of halogens is 1. The number of allylic oxidation sites excluding steroid dienone is 1. The quantitative estimate of drug-likeness (QED) is 0.204. The molecule has 1 amide bonds. The lowest BCUT2D eigenvalue weighted by molar-refractivity contribution is -0.194. The standard InChI is InChI=1S/C28H36FN3O4/c1-3-20-18-27(2,23(20)11-15-30-19-25(33)31-24-12-16-35-32-24)36-26(34)28(13-6-4-5-7-14-28)21-9-8-10-22(29)17-21/h3,8-10,12,16-17,20,23,30H,1,4-7,11,13-15,18-19H2,2H3,(H,31,32,33)/t20?,23?,27-/m0/s1. The van der Waals surface area contributed by atoms with Crippen molar-refractivity contribution < 1.29 is 23.2 Å². The largest absolute Gasteiger partial charge is 0.458 e. The second-order valence-electron chi connectivity index (χ2n) is 10.3. The number of rotatable bonds is 10. The van der Waals surface area contributed by atoms with E-state index in [2.05, 4.69) is 22.4 Å². The number of nitrogens with one attached hydrogen (secondary N) is 2. The third-order valence-electron chi connectivity index (χ3n) is 7.92. The number of ether oxygens (including phenoxy) is 1. The molecule has 2 aliphatic rings. The smallest absolute Gasteiger partial charge is 0.317 e. The van der Waals surface area contributed by atoms with E-state index in [0.717, 1.165) is 32.1 Å². The van der Waals surface area contributed by atoms with Crippen molar-refractivity contribution in [2.45, 2.75) is 69.3 Å². The van der Waals surface area contributed by atoms with Crippen LogP contribution in [0.4, 0.5) is 10.2 Å². The zero-order valence-electron chi connectivity index (χ0n) is 20.9. The first-order chi connectivity index (χ1) is 17.4. The fraction of sp³-hybridized carbons (Fsp3) is 0.536. The van der Waals surface area contributed by atoms with Crippen LogP contribution < -0.4 is 10.6 Å². The number of hydrogen-bond acceptors (Lipinski definition) is 6. The van der Waals surface area contributed by atoms with E-state index >= 15 is 0 Å². The maximum atomic E-state index is 14.2. The first-order valence-corrected chi connectivity index (χ1v) is 12.9. The van der Waals surface area contributed by atoms with Crippen LogP contribution in [0, 0.1) is 17.7 Å². The number of benzene rings is 1. The van der Waals surface area contributed by atoms with Crippen LogP contribution in [0.2, 0.25) is 0 Å². The van der Waals surface area contributed by atoms with Crippen molar-refractivity contribution in [1.82, 2.24) is 10.5 Å². The molecule has 194 valence electrons. The van der Waals surface area contributed by atoms with Gasteiger partial charge in [-0.1, -0.05) is 49.0 Å². The topological polar surface area (TPSA) is 93.5 Å². The Morgan fingerprint density at radius 1 is 1.25 bits per heavy atom. The summed E-state index contributed by atoms with van der Waals surface area (Å²) in [6, 6.07) is 8.02. The molecule has 1 heterocycles. The predicted octanol–water partition coefficient (Wildman–Crippen LogP) is 5.15. The Bertz CT molecular complexity index is 1050. The minimum Gasteiger partial charge on any atom is -0.458 e. The molecule has 7 nitrogen and oxygen atoms in total. The average molecular weight is 498 g/mol. The zero-order chi connectivity index (χ0) is 25.6. The number of nitrogens with zero attached hydrogens (tertiary/aromatic N) is 1. The molecular weight excluding hydrogens is 461 g/mol. The molecule has 8 heteroatoms. The van der Waals surface area contributed by atoms with Gasteiger partial charge in [0.2, 0.25) is 5.91 Å². The highest BCUT2D eigenvalue weighted by Gasteiger charge is 2.54. The molecule has 2 fully saturated rings. The van der Waals surface area contributed by atoms with Crippen LogP contribution in [0.1, 0.15) is 63.9 Å². The Morgan fingerprint density at radius 3 is 2.69 bits per heavy atom. The first-order valence-electron chi connectivity index (χ1n) is 12.9. The summed E-state index contributed by atoms with van der Waals surface area (Å²) in [4.78, 5) is 25.9. The van der Waals surface area contributed by atoms with Gasteiger partial charge in [-0.2, -0.15) is 0 Å². The Morgan fingerprint density at radius 2 is 2.03 bits per heavy atom. The lowest BCUT2D eigenvalue weighted by atomic mass is 9.60. The van der Waals surface area contributed by atoms with Crippen molar-refractivity contribution in [3.8, 4) is 0 Å². The summed E-state index contributed by atoms with van der Waals surface area (Å²) in [5.74, 6) is -0.102. The molecule has 1 aromatic heterocycles. The van der Waals surface area contributed by atoms with Crippen LogP contribution in [0.3, 0.4) is 0 Å². The molecule has 36 heavy (non-hydrogen) atoms. The highest BCUT2D eigenvalue weighted by molar-refractivity contribution is 5.91. The SMILES string of the molecule is C=CC1C[C@](C)(OC(=O)C2(c3cccc(F)c3)CCCCCC2)C1CCNCC(=O)Nc1ccon1. The Labute approximate surface area is 211 Å². The van der Waals surface area contributed by atoms with Gasteiger partial charge in [0, 0.05) is 12.0 Å². The number of anilines is 1. The van der Waals surface area contributed by atoms with E-state index < -0.39 is 11.0 Å². The van der Waals surface area contributed by atoms with Crippen LogP contribution in [0.5, 0.6) is 0 Å². The summed E-state index contributed by atoms with van der Waals surface area (Å²) in [5.41, 5.74) is -0.732. The molecule has 2 saturated carbocycles. The number of amides is 1. The van der Waals surface area contributed by atoms with Crippen molar-refractivity contribution in [3.63, 3.8) is 0 Å². The summed E-state index contributed by atoms with van der Waals surface area (Å²) >= 11 is 0. The summed E-state index contributed by atoms with van der Waals surface area (Å²) in [5, 5.41) is 9.47. The van der Waals surface area contributed by atoms with Gasteiger partial charge < -0.3 is 19.9 Å². The minimum absolute atomic E-state index is 0.0837. The Balaban J connectivity index is 1.39. The monoisotopic (exact) mass is 497 g/mol. The first kappa shape index (κ1) is 26.1. The summed E-state index contributed by atoms with van der Waals surface area (Å²) in [6.45, 7) is 6.68. The lowest BCUT2D eigenvalue weighted by Crippen LogP contribution is -2.57. The molecule has 2 N–H and O–H groups in total. The van der Waals surface area contributed by atoms with Gasteiger partial charge in [-0.15, -0.1) is 6.58 Å². The van der Waals surface area contributed by atoms with E-state index in [1.165, 1.54) is 18.4 Å². The maximum absolute atomic E-state index is 14.2. The molecule has 0 saturated heterocycles. The highest BCUT2D eigenvalue weighted by Crippen LogP contribution is 2.51. The second-order valence-corrected chi connectivity index (χ2v) is 10.3. The zero-order valence-corrected chi connectivity index (χ0v) is 20.9. The molecule has 1 aromatic carbocycles. The van der Waals surface area contributed by atoms with Crippen LogP contribution in [0.25, 0.3) is 0 Å². The van der Waals surface area contributed by atoms with Gasteiger partial charge in [0.1, 0.15) is 17.7 Å². The van der Waals surface area contributed by atoms with Gasteiger partial charge in [-0.3, -0.25) is 9.59 Å². The number of carbonyl (C=O) groups excluding carboxylic acids is 2. The van der Waals surface area contributed by atoms with Crippen molar-refractivity contribution in [3.05, 3.63) is 60.6 Å². The van der Waals surface area contributed by atoms with Crippen molar-refractivity contribution >= 4 is 17.7 Å². The number of hydrogen-bond donors (Lipinski definition) is 2. The van der Waals surface area contributed by atoms with Crippen molar-refractivity contribution in [2.24, 2.45) is 11.8 Å². The van der Waals surface area contributed by atoms with E-state index in [9.17, 15) is 14.0 Å². The number of esters is 1. The van der Waals surface area contributed by atoms with Gasteiger partial charge in [-0.05, 0) is 62.8 Å².